The molecular weight excluding hydrogens is 652 g/mol. The lowest BCUT2D eigenvalue weighted by atomic mass is 9.67. The highest BCUT2D eigenvalue weighted by Gasteiger charge is 2.49. The van der Waals surface area contributed by atoms with Crippen molar-refractivity contribution in [1.82, 2.24) is 15.0 Å². The average Bonchev–Trinajstić information content (AvgIpc) is 3.41. The first-order valence-corrected chi connectivity index (χ1v) is 18.1. The number of anilines is 1. The van der Waals surface area contributed by atoms with Crippen LogP contribution in [0.4, 0.5) is 11.6 Å². The molecule has 0 bridgehead atoms. The van der Waals surface area contributed by atoms with Gasteiger partial charge in [-0.25, -0.2) is 24.2 Å². The molecular formula is C39H39ClN6O2S. The molecule has 0 saturated carbocycles. The van der Waals surface area contributed by atoms with Crippen molar-refractivity contribution in [3.63, 3.8) is 0 Å². The number of halogens is 1. The van der Waals surface area contributed by atoms with Crippen molar-refractivity contribution in [3.05, 3.63) is 137 Å². The third kappa shape index (κ3) is 6.88. The third-order valence-corrected chi connectivity index (χ3v) is 11.6. The standard InChI is InChI=1S/C39H39ClN6O2S/c1-38(2,49(41)47)24-31-30-16-10-9-15-29(30)23-39(31)18-21-46(22-19-39)33-25-44-34(26-43-33)48-32-17-20-42-37(35(32)40)45-36(27-11-5-3-6-12-27)28-13-7-4-8-14-28/h3-17,20,25-26,31H,18-19,21-24,41H2,1-2H3/t31-,49?/m1/s1. The third-order valence-electron chi connectivity index (χ3n) is 10.0. The van der Waals surface area contributed by atoms with Crippen LogP contribution in [0.25, 0.3) is 0 Å². The molecule has 8 nitrogen and oxygen atoms in total. The quantitative estimate of drug-likeness (QED) is 0.156. The summed E-state index contributed by atoms with van der Waals surface area (Å²) in [4.78, 5) is 21.0. The molecule has 2 aliphatic rings. The van der Waals surface area contributed by atoms with Crippen LogP contribution in [-0.2, 0) is 17.4 Å². The molecule has 5 aromatic rings. The Morgan fingerprint density at radius 2 is 1.59 bits per heavy atom. The Bertz CT molecular complexity index is 1940. The normalized spacial score (nSPS) is 17.4. The van der Waals surface area contributed by atoms with Gasteiger partial charge in [-0.3, -0.25) is 5.14 Å². The predicted octanol–water partition coefficient (Wildman–Crippen LogP) is 8.20. The highest BCUT2D eigenvalue weighted by Crippen LogP contribution is 2.56. The van der Waals surface area contributed by atoms with Crippen LogP contribution < -0.4 is 14.8 Å². The minimum Gasteiger partial charge on any atom is -0.436 e. The maximum Gasteiger partial charge on any atom is 0.238 e. The zero-order valence-electron chi connectivity index (χ0n) is 27.6. The smallest absolute Gasteiger partial charge is 0.238 e. The number of pyridine rings is 1. The van der Waals surface area contributed by atoms with Crippen molar-refractivity contribution in [1.29, 1.82) is 0 Å². The van der Waals surface area contributed by atoms with Crippen molar-refractivity contribution < 1.29 is 8.95 Å². The van der Waals surface area contributed by atoms with Gasteiger partial charge in [-0.2, -0.15) is 0 Å². The lowest BCUT2D eigenvalue weighted by Crippen LogP contribution is -2.45. The molecule has 2 atom stereocenters. The van der Waals surface area contributed by atoms with E-state index >= 15 is 0 Å². The summed E-state index contributed by atoms with van der Waals surface area (Å²) < 4.78 is 18.1. The van der Waals surface area contributed by atoms with E-state index in [0.717, 1.165) is 61.4 Å². The Balaban J connectivity index is 1.06. The van der Waals surface area contributed by atoms with E-state index in [2.05, 4.69) is 39.1 Å². The van der Waals surface area contributed by atoms with Crippen LogP contribution in [0.15, 0.2) is 115 Å². The fraction of sp³-hybridized carbons (Fsp3) is 0.282. The first-order valence-electron chi connectivity index (χ1n) is 16.6. The SMILES string of the molecule is CC(C)(C[C@@H]1c2ccccc2CC12CCN(c1cnc(Oc3ccnc(N=C(c4ccccc4)c4ccccc4)c3Cl)cn1)CC2)S(N)=O. The van der Waals surface area contributed by atoms with Gasteiger partial charge in [0.05, 0.1) is 33.8 Å². The predicted molar refractivity (Wildman–Crippen MR) is 197 cm³/mol. The van der Waals surface area contributed by atoms with E-state index < -0.39 is 15.7 Å². The van der Waals surface area contributed by atoms with E-state index in [1.54, 1.807) is 24.7 Å². The molecule has 2 aromatic heterocycles. The molecule has 7 rings (SSSR count). The fourth-order valence-corrected chi connectivity index (χ4v) is 7.80. The zero-order valence-corrected chi connectivity index (χ0v) is 29.2. The lowest BCUT2D eigenvalue weighted by molar-refractivity contribution is 0.170. The summed E-state index contributed by atoms with van der Waals surface area (Å²) in [6.45, 7) is 5.75. The molecule has 1 aliphatic carbocycles. The number of piperidine rings is 1. The molecule has 1 spiro atoms. The first kappa shape index (κ1) is 33.1. The monoisotopic (exact) mass is 690 g/mol. The second-order valence-electron chi connectivity index (χ2n) is 13.5. The molecule has 1 unspecified atom stereocenters. The summed E-state index contributed by atoms with van der Waals surface area (Å²) in [5, 5.41) is 6.23. The van der Waals surface area contributed by atoms with Crippen molar-refractivity contribution in [2.45, 2.75) is 50.2 Å². The van der Waals surface area contributed by atoms with Crippen LogP contribution in [0.2, 0.25) is 5.02 Å². The Labute approximate surface area is 295 Å². The van der Waals surface area contributed by atoms with Crippen LogP contribution >= 0.6 is 11.6 Å². The van der Waals surface area contributed by atoms with Crippen LogP contribution in [-0.4, -0.2) is 42.7 Å². The highest BCUT2D eigenvalue weighted by atomic mass is 35.5. The number of ether oxygens (including phenoxy) is 1. The molecule has 1 fully saturated rings. The number of rotatable bonds is 9. The zero-order chi connectivity index (χ0) is 34.0. The maximum absolute atomic E-state index is 12.4. The highest BCUT2D eigenvalue weighted by molar-refractivity contribution is 7.84. The molecule has 1 saturated heterocycles. The number of nitrogens with two attached hydrogens (primary N) is 1. The number of aromatic nitrogens is 3. The fourth-order valence-electron chi connectivity index (χ4n) is 7.28. The summed E-state index contributed by atoms with van der Waals surface area (Å²) in [5.41, 5.74) is 5.55. The van der Waals surface area contributed by atoms with Crippen molar-refractivity contribution in [2.75, 3.05) is 18.0 Å². The van der Waals surface area contributed by atoms with E-state index in [-0.39, 0.29) is 10.4 Å². The van der Waals surface area contributed by atoms with E-state index in [4.69, 9.17) is 31.5 Å². The van der Waals surface area contributed by atoms with Gasteiger partial charge in [0.25, 0.3) is 0 Å². The van der Waals surface area contributed by atoms with Crippen LogP contribution in [0.1, 0.15) is 61.3 Å². The summed E-state index contributed by atoms with van der Waals surface area (Å²) in [7, 11) is -1.40. The number of benzene rings is 3. The molecule has 0 radical (unpaired) electrons. The first-order chi connectivity index (χ1) is 23.7. The van der Waals surface area contributed by atoms with Crippen molar-refractivity contribution in [2.24, 2.45) is 15.5 Å². The molecule has 10 heteroatoms. The van der Waals surface area contributed by atoms with Gasteiger partial charge in [-0.15, -0.1) is 0 Å². The van der Waals surface area contributed by atoms with Crippen LogP contribution in [0.3, 0.4) is 0 Å². The van der Waals surface area contributed by atoms with E-state index in [1.165, 1.54) is 11.1 Å². The summed E-state index contributed by atoms with van der Waals surface area (Å²) in [6, 6.07) is 30.3. The van der Waals surface area contributed by atoms with E-state index in [9.17, 15) is 4.21 Å². The van der Waals surface area contributed by atoms with Gasteiger partial charge >= 0.3 is 0 Å². The van der Waals surface area contributed by atoms with Gasteiger partial charge in [0.1, 0.15) is 10.8 Å². The van der Waals surface area contributed by atoms with Crippen LogP contribution in [0, 0.1) is 5.41 Å². The lowest BCUT2D eigenvalue weighted by Gasteiger charge is -2.45. The van der Waals surface area contributed by atoms with Gasteiger partial charge in [0.2, 0.25) is 5.88 Å². The van der Waals surface area contributed by atoms with Crippen molar-refractivity contribution >= 4 is 39.9 Å². The van der Waals surface area contributed by atoms with Gasteiger partial charge in [0.15, 0.2) is 11.6 Å². The maximum atomic E-state index is 12.4. The average molecular weight is 691 g/mol. The number of hydrogen-bond acceptors (Lipinski definition) is 7. The Morgan fingerprint density at radius 3 is 2.22 bits per heavy atom. The van der Waals surface area contributed by atoms with Gasteiger partial charge < -0.3 is 9.64 Å². The Kier molecular flexibility index (Phi) is 9.33. The second-order valence-corrected chi connectivity index (χ2v) is 15.6. The molecule has 250 valence electrons. The second kappa shape index (κ2) is 13.8. The van der Waals surface area contributed by atoms with Crippen LogP contribution in [0.5, 0.6) is 11.6 Å². The molecule has 3 aromatic carbocycles. The molecule has 0 amide bonds. The molecule has 3 heterocycles. The van der Waals surface area contributed by atoms with Crippen molar-refractivity contribution in [3.8, 4) is 11.6 Å². The summed E-state index contributed by atoms with van der Waals surface area (Å²) >= 11 is 6.82. The number of nitrogens with zero attached hydrogens (tertiary/aromatic N) is 5. The summed E-state index contributed by atoms with van der Waals surface area (Å²) in [6.07, 6.45) is 8.85. The summed E-state index contributed by atoms with van der Waals surface area (Å²) in [5.74, 6) is 2.19. The number of fused-ring (bicyclic) bond motifs is 1. The van der Waals surface area contributed by atoms with E-state index in [0.29, 0.717) is 23.4 Å². The van der Waals surface area contributed by atoms with E-state index in [1.807, 2.05) is 74.5 Å². The minimum atomic E-state index is -1.40. The number of hydrogen-bond donors (Lipinski definition) is 1. The van der Waals surface area contributed by atoms with Gasteiger partial charge in [-0.05, 0) is 62.0 Å². The largest absolute Gasteiger partial charge is 0.436 e. The molecule has 1 aliphatic heterocycles. The Morgan fingerprint density at radius 1 is 0.939 bits per heavy atom. The van der Waals surface area contributed by atoms with Gasteiger partial charge in [-0.1, -0.05) is 96.5 Å². The number of aliphatic imine (C=N–C) groups is 1. The molecule has 49 heavy (non-hydrogen) atoms. The topological polar surface area (TPSA) is 107 Å². The molecule has 2 N–H and O–H groups in total. The van der Waals surface area contributed by atoms with Gasteiger partial charge in [0, 0.05) is 36.5 Å². The Hall–Kier alpha value is -4.44. The minimum absolute atomic E-state index is 0.104.